The lowest BCUT2D eigenvalue weighted by molar-refractivity contribution is -0.119. The molecular weight excluding hydrogens is 382 g/mol. The average molecular weight is 408 g/mol. The van der Waals surface area contributed by atoms with E-state index in [1.54, 1.807) is 10.6 Å². The Balaban J connectivity index is 1.71. The normalized spacial score (nSPS) is 14.7. The van der Waals surface area contributed by atoms with E-state index in [1.807, 2.05) is 42.5 Å². The van der Waals surface area contributed by atoms with Gasteiger partial charge in [-0.2, -0.15) is 0 Å². The largest absolute Gasteiger partial charge is 0.353 e. The number of thioether (sulfide) groups is 1. The van der Waals surface area contributed by atoms with Crippen LogP contribution in [0.1, 0.15) is 32.3 Å². The fourth-order valence-corrected chi connectivity index (χ4v) is 4.41. The summed E-state index contributed by atoms with van der Waals surface area (Å²) in [5.74, 6) is 0.820. The van der Waals surface area contributed by atoms with Crippen molar-refractivity contribution in [3.63, 3.8) is 0 Å². The van der Waals surface area contributed by atoms with Gasteiger partial charge in [0.2, 0.25) is 5.91 Å². The second-order valence-corrected chi connectivity index (χ2v) is 8.46. The van der Waals surface area contributed by atoms with Crippen LogP contribution in [-0.4, -0.2) is 27.3 Å². The summed E-state index contributed by atoms with van der Waals surface area (Å²) in [6.45, 7) is 4.12. The Morgan fingerprint density at radius 3 is 2.69 bits per heavy atom. The number of carbonyl (C=O) groups is 1. The highest BCUT2D eigenvalue weighted by molar-refractivity contribution is 7.99. The van der Waals surface area contributed by atoms with Gasteiger partial charge in [-0.25, -0.2) is 4.98 Å². The van der Waals surface area contributed by atoms with Gasteiger partial charge in [0, 0.05) is 6.04 Å². The predicted octanol–water partition coefficient (Wildman–Crippen LogP) is 3.95. The van der Waals surface area contributed by atoms with Gasteiger partial charge in [-0.15, -0.1) is 0 Å². The van der Waals surface area contributed by atoms with Crippen LogP contribution in [0.15, 0.2) is 58.5 Å². The second kappa shape index (κ2) is 8.41. The van der Waals surface area contributed by atoms with Crippen molar-refractivity contribution in [1.29, 1.82) is 0 Å². The summed E-state index contributed by atoms with van der Waals surface area (Å²) in [5, 5.41) is 4.19. The molecule has 2 aromatic carbocycles. The Bertz CT molecular complexity index is 1100. The molecule has 1 N–H and O–H groups in total. The minimum Gasteiger partial charge on any atom is -0.353 e. The van der Waals surface area contributed by atoms with Crippen LogP contribution >= 0.6 is 11.8 Å². The predicted molar refractivity (Wildman–Crippen MR) is 118 cm³/mol. The molecule has 1 aromatic heterocycles. The van der Waals surface area contributed by atoms with Crippen LogP contribution in [0.4, 0.5) is 0 Å². The monoisotopic (exact) mass is 407 g/mol. The number of hydrogen-bond acceptors (Lipinski definition) is 4. The summed E-state index contributed by atoms with van der Waals surface area (Å²) in [5.41, 5.74) is 2.44. The molecule has 4 rings (SSSR count). The molecule has 3 aromatic rings. The highest BCUT2D eigenvalue weighted by atomic mass is 32.2. The zero-order valence-corrected chi connectivity index (χ0v) is 17.5. The van der Waals surface area contributed by atoms with Crippen molar-refractivity contribution in [3.05, 3.63) is 64.4 Å². The van der Waals surface area contributed by atoms with E-state index in [0.717, 1.165) is 17.7 Å². The summed E-state index contributed by atoms with van der Waals surface area (Å²) >= 11 is 1.31. The topological polar surface area (TPSA) is 64.0 Å². The number of para-hydroxylation sites is 2. The van der Waals surface area contributed by atoms with Gasteiger partial charge >= 0.3 is 0 Å². The molecule has 1 saturated carbocycles. The standard InChI is InChI=1S/C23H25N3O2S/c1-3-16-8-4-7-11-20(16)26-22(28)18-9-5-6-10-19(18)25-23(26)29-14-21(27)24-15(2)17-12-13-17/h4-11,15,17H,3,12-14H2,1-2H3,(H,24,27)/t15-/m1/s1. The van der Waals surface area contributed by atoms with E-state index in [2.05, 4.69) is 19.2 Å². The summed E-state index contributed by atoms with van der Waals surface area (Å²) in [6.07, 6.45) is 3.18. The fraction of sp³-hybridized carbons (Fsp3) is 0.348. The smallest absolute Gasteiger partial charge is 0.266 e. The number of rotatable bonds is 7. The van der Waals surface area contributed by atoms with Crippen molar-refractivity contribution >= 4 is 28.6 Å². The van der Waals surface area contributed by atoms with Gasteiger partial charge in [-0.05, 0) is 55.9 Å². The van der Waals surface area contributed by atoms with Crippen LogP contribution in [0.3, 0.4) is 0 Å². The second-order valence-electron chi connectivity index (χ2n) is 7.52. The SMILES string of the molecule is CCc1ccccc1-n1c(SCC(=O)N[C@H](C)C2CC2)nc2ccccc2c1=O. The summed E-state index contributed by atoms with van der Waals surface area (Å²) in [7, 11) is 0. The maximum absolute atomic E-state index is 13.3. The molecule has 0 spiro atoms. The van der Waals surface area contributed by atoms with Crippen LogP contribution in [0.2, 0.25) is 0 Å². The van der Waals surface area contributed by atoms with E-state index >= 15 is 0 Å². The lowest BCUT2D eigenvalue weighted by Crippen LogP contribution is -2.35. The van der Waals surface area contributed by atoms with E-state index < -0.39 is 0 Å². The minimum absolute atomic E-state index is 0.0212. The van der Waals surface area contributed by atoms with E-state index in [9.17, 15) is 9.59 Å². The lowest BCUT2D eigenvalue weighted by Gasteiger charge is -2.16. The first-order valence-corrected chi connectivity index (χ1v) is 11.1. The number of fused-ring (bicyclic) bond motifs is 1. The molecule has 0 radical (unpaired) electrons. The van der Waals surface area contributed by atoms with Crippen LogP contribution in [0, 0.1) is 5.92 Å². The van der Waals surface area contributed by atoms with Gasteiger partial charge in [0.05, 0.1) is 22.3 Å². The summed E-state index contributed by atoms with van der Waals surface area (Å²) in [6, 6.07) is 15.4. The molecule has 5 nitrogen and oxygen atoms in total. The Hall–Kier alpha value is -2.60. The maximum atomic E-state index is 13.3. The van der Waals surface area contributed by atoms with Crippen LogP contribution in [0.5, 0.6) is 0 Å². The molecule has 0 bridgehead atoms. The summed E-state index contributed by atoms with van der Waals surface area (Å²) in [4.78, 5) is 30.5. The molecule has 1 aliphatic carbocycles. The van der Waals surface area contributed by atoms with Crippen LogP contribution < -0.4 is 10.9 Å². The first-order chi connectivity index (χ1) is 14.1. The molecule has 1 heterocycles. The van der Waals surface area contributed by atoms with Crippen molar-refractivity contribution < 1.29 is 4.79 Å². The van der Waals surface area contributed by atoms with Gasteiger partial charge < -0.3 is 5.32 Å². The van der Waals surface area contributed by atoms with Gasteiger partial charge in [-0.3, -0.25) is 14.2 Å². The Morgan fingerprint density at radius 2 is 1.93 bits per heavy atom. The van der Waals surface area contributed by atoms with Crippen LogP contribution in [0.25, 0.3) is 16.6 Å². The molecule has 29 heavy (non-hydrogen) atoms. The quantitative estimate of drug-likeness (QED) is 0.476. The Morgan fingerprint density at radius 1 is 1.21 bits per heavy atom. The average Bonchev–Trinajstić information content (AvgIpc) is 3.58. The number of nitrogens with one attached hydrogen (secondary N) is 1. The molecule has 150 valence electrons. The highest BCUT2D eigenvalue weighted by Gasteiger charge is 2.29. The first kappa shape index (κ1) is 19.7. The molecule has 1 aliphatic rings. The molecule has 0 saturated heterocycles. The van der Waals surface area contributed by atoms with E-state index in [0.29, 0.717) is 22.0 Å². The number of benzene rings is 2. The van der Waals surface area contributed by atoms with E-state index in [-0.39, 0.29) is 23.3 Å². The third-order valence-corrected chi connectivity index (χ3v) is 6.35. The van der Waals surface area contributed by atoms with Gasteiger partial charge in [0.25, 0.3) is 5.56 Å². The molecule has 6 heteroatoms. The van der Waals surface area contributed by atoms with Gasteiger partial charge in [-0.1, -0.05) is 49.0 Å². The Kier molecular flexibility index (Phi) is 5.72. The van der Waals surface area contributed by atoms with E-state index in [1.165, 1.54) is 24.6 Å². The molecule has 1 atom stereocenters. The molecule has 1 fully saturated rings. The third kappa shape index (κ3) is 4.22. The third-order valence-electron chi connectivity index (χ3n) is 5.41. The van der Waals surface area contributed by atoms with Crippen molar-refractivity contribution in [1.82, 2.24) is 14.9 Å². The number of aryl methyl sites for hydroxylation is 1. The van der Waals surface area contributed by atoms with Gasteiger partial charge in [0.15, 0.2) is 5.16 Å². The number of amides is 1. The first-order valence-electron chi connectivity index (χ1n) is 10.1. The lowest BCUT2D eigenvalue weighted by atomic mass is 10.1. The molecular formula is C23H25N3O2S. The molecule has 0 unspecified atom stereocenters. The van der Waals surface area contributed by atoms with E-state index in [4.69, 9.17) is 4.98 Å². The minimum atomic E-state index is -0.106. The molecule has 1 amide bonds. The number of hydrogen-bond donors (Lipinski definition) is 1. The van der Waals surface area contributed by atoms with Crippen LogP contribution in [-0.2, 0) is 11.2 Å². The Labute approximate surface area is 174 Å². The van der Waals surface area contributed by atoms with Crippen molar-refractivity contribution in [2.24, 2.45) is 5.92 Å². The zero-order valence-electron chi connectivity index (χ0n) is 16.7. The fourth-order valence-electron chi connectivity index (χ4n) is 3.59. The van der Waals surface area contributed by atoms with Crippen molar-refractivity contribution in [2.45, 2.75) is 44.3 Å². The molecule has 0 aliphatic heterocycles. The number of nitrogens with zero attached hydrogens (tertiary/aromatic N) is 2. The zero-order chi connectivity index (χ0) is 20.4. The highest BCUT2D eigenvalue weighted by Crippen LogP contribution is 2.32. The number of carbonyl (C=O) groups excluding carboxylic acids is 1. The number of aromatic nitrogens is 2. The maximum Gasteiger partial charge on any atom is 0.266 e. The van der Waals surface area contributed by atoms with Crippen molar-refractivity contribution in [2.75, 3.05) is 5.75 Å². The summed E-state index contributed by atoms with van der Waals surface area (Å²) < 4.78 is 1.66. The van der Waals surface area contributed by atoms with Gasteiger partial charge in [0.1, 0.15) is 0 Å². The van der Waals surface area contributed by atoms with Crippen molar-refractivity contribution in [3.8, 4) is 5.69 Å².